The molecule has 13 rings (SSSR count). The average molecular weight is 1010 g/mol. The Morgan fingerprint density at radius 3 is 1.57 bits per heavy atom. The van der Waals surface area contributed by atoms with Gasteiger partial charge in [-0.3, -0.25) is 0 Å². The van der Waals surface area contributed by atoms with Gasteiger partial charge in [0, 0.05) is 53.9 Å². The van der Waals surface area contributed by atoms with Gasteiger partial charge in [0.1, 0.15) is 0 Å². The van der Waals surface area contributed by atoms with E-state index in [1.165, 1.54) is 81.4 Å². The molecule has 1 aliphatic carbocycles. The first-order valence-electron chi connectivity index (χ1n) is 26.4. The molecule has 2 aromatic heterocycles. The van der Waals surface area contributed by atoms with E-state index in [2.05, 4.69) is 268 Å². The lowest BCUT2D eigenvalue weighted by Gasteiger charge is -2.27. The maximum atomic E-state index is 4.96. The monoisotopic (exact) mass is 1010 g/mol. The Balaban J connectivity index is 0.000000164. The molecule has 0 atom stereocenters. The fourth-order valence-electron chi connectivity index (χ4n) is 10.3. The Morgan fingerprint density at radius 1 is 0.364 bits per heavy atom. The molecule has 0 amide bonds. The topological polar surface area (TPSA) is 41.9 Å². The molecule has 0 aliphatic heterocycles. The molecule has 77 heavy (non-hydrogen) atoms. The van der Waals surface area contributed by atoms with Crippen molar-refractivity contribution >= 4 is 54.1 Å². The van der Waals surface area contributed by atoms with Crippen molar-refractivity contribution in [2.75, 3.05) is 4.90 Å². The smallest absolute Gasteiger partial charge is 0.165 e. The average Bonchev–Trinajstić information content (AvgIpc) is 3.94. The van der Waals surface area contributed by atoms with Crippen molar-refractivity contribution in [1.82, 2.24) is 15.0 Å². The third kappa shape index (κ3) is 10.4. The van der Waals surface area contributed by atoms with Gasteiger partial charge in [0.2, 0.25) is 0 Å². The maximum Gasteiger partial charge on any atom is 0.165 e. The second kappa shape index (κ2) is 21.9. The van der Waals surface area contributed by atoms with Gasteiger partial charge in [-0.2, -0.15) is 0 Å². The Bertz CT molecular complexity index is 4040. The predicted molar refractivity (Wildman–Crippen MR) is 327 cm³/mol. The lowest BCUT2D eigenvalue weighted by atomic mass is 9.93. The highest BCUT2D eigenvalue weighted by Crippen LogP contribution is 2.42. The summed E-state index contributed by atoms with van der Waals surface area (Å²) < 4.78 is 2.51. The molecule has 0 spiro atoms. The van der Waals surface area contributed by atoms with E-state index in [4.69, 9.17) is 15.0 Å². The standard InChI is InChI=1S/C44H35N.C28H21N3S/c1-32-13-9-10-22-43(32)44-31-39(24-23-33(44)2)36-25-27-40(28-26-36)45(41-20-11-18-37(29-41)34-14-5-3-6-15-34)42-21-12-19-38(30-42)35-16-7-4-8-17-35;1-18-15-16-24-23(17-18)21-13-8-14-22(25(21)32-24)28-30-26(19-9-4-2-5-10-19)29-27(31-28)20-11-6-3-7-12-20/h3-31H,1-2H3;2,4-6,8-17H,3,7H2,1H3. The molecule has 0 bridgehead atoms. The number of aromatic nitrogens is 3. The molecule has 0 fully saturated rings. The van der Waals surface area contributed by atoms with Gasteiger partial charge in [-0.1, -0.05) is 206 Å². The van der Waals surface area contributed by atoms with Gasteiger partial charge in [-0.15, -0.1) is 11.3 Å². The number of rotatable bonds is 10. The first-order valence-corrected chi connectivity index (χ1v) is 27.2. The fourth-order valence-corrected chi connectivity index (χ4v) is 11.5. The highest BCUT2D eigenvalue weighted by molar-refractivity contribution is 7.26. The zero-order chi connectivity index (χ0) is 52.1. The van der Waals surface area contributed by atoms with E-state index in [9.17, 15) is 0 Å². The van der Waals surface area contributed by atoms with Gasteiger partial charge < -0.3 is 4.90 Å². The van der Waals surface area contributed by atoms with Crippen molar-refractivity contribution in [1.29, 1.82) is 0 Å². The van der Waals surface area contributed by atoms with Crippen molar-refractivity contribution in [2.45, 2.75) is 33.6 Å². The van der Waals surface area contributed by atoms with Gasteiger partial charge in [0.25, 0.3) is 0 Å². The van der Waals surface area contributed by atoms with Crippen molar-refractivity contribution < 1.29 is 0 Å². The predicted octanol–water partition coefficient (Wildman–Crippen LogP) is 20.1. The molecule has 1 aliphatic rings. The van der Waals surface area contributed by atoms with E-state index in [1.807, 2.05) is 18.2 Å². The third-order valence-electron chi connectivity index (χ3n) is 14.4. The third-order valence-corrected chi connectivity index (χ3v) is 15.6. The zero-order valence-corrected chi connectivity index (χ0v) is 44.3. The Kier molecular flexibility index (Phi) is 13.8. The number of allylic oxidation sites excluding steroid dienone is 4. The molecule has 0 unspecified atom stereocenters. The van der Waals surface area contributed by atoms with Crippen LogP contribution in [0.2, 0.25) is 0 Å². The zero-order valence-electron chi connectivity index (χ0n) is 43.4. The first-order chi connectivity index (χ1) is 37.9. The van der Waals surface area contributed by atoms with E-state index < -0.39 is 0 Å². The van der Waals surface area contributed by atoms with Crippen LogP contribution >= 0.6 is 11.3 Å². The Labute approximate surface area is 455 Å². The molecular formula is C72H56N4S. The molecule has 2 heterocycles. The second-order valence-electron chi connectivity index (χ2n) is 19.7. The van der Waals surface area contributed by atoms with Gasteiger partial charge in [-0.05, 0) is 150 Å². The normalized spacial score (nSPS) is 12.0. The van der Waals surface area contributed by atoms with Gasteiger partial charge >= 0.3 is 0 Å². The summed E-state index contributed by atoms with van der Waals surface area (Å²) in [6.07, 6.45) is 8.61. The van der Waals surface area contributed by atoms with E-state index in [1.54, 1.807) is 11.3 Å². The van der Waals surface area contributed by atoms with Crippen molar-refractivity contribution in [3.63, 3.8) is 0 Å². The molecule has 370 valence electrons. The molecule has 12 aromatic rings. The van der Waals surface area contributed by atoms with Crippen LogP contribution in [0.5, 0.6) is 0 Å². The summed E-state index contributed by atoms with van der Waals surface area (Å²) >= 11 is 1.81. The summed E-state index contributed by atoms with van der Waals surface area (Å²) in [5, 5.41) is 2.55. The minimum absolute atomic E-state index is 0.708. The maximum absolute atomic E-state index is 4.96. The largest absolute Gasteiger partial charge is 0.310 e. The Hall–Kier alpha value is -9.29. The lowest BCUT2D eigenvalue weighted by molar-refractivity contribution is 1.01. The summed E-state index contributed by atoms with van der Waals surface area (Å²) in [7, 11) is 0. The van der Waals surface area contributed by atoms with Crippen LogP contribution < -0.4 is 4.90 Å². The SMILES string of the molecule is Cc1ccc2sc3c(-c4nc(C5=CCCC=C5)nc(-c5ccccc5)n4)cccc3c2c1.Cc1ccccc1-c1cc(-c2ccc(N(c3cccc(-c4ccccc4)c3)c3cccc(-c4ccccc4)c3)cc2)ccc1C. The fraction of sp³-hybridized carbons (Fsp3) is 0.0694. The van der Waals surface area contributed by atoms with Crippen LogP contribution in [0.3, 0.4) is 0 Å². The molecule has 4 nitrogen and oxygen atoms in total. The van der Waals surface area contributed by atoms with Crippen LogP contribution in [0.1, 0.15) is 35.4 Å². The minimum atomic E-state index is 0.708. The summed E-state index contributed by atoms with van der Waals surface area (Å²) in [6.45, 7) is 6.52. The second-order valence-corrected chi connectivity index (χ2v) is 20.7. The molecule has 0 saturated carbocycles. The van der Waals surface area contributed by atoms with Gasteiger partial charge in [0.05, 0.1) is 0 Å². The van der Waals surface area contributed by atoms with Crippen LogP contribution in [-0.4, -0.2) is 15.0 Å². The molecule has 0 radical (unpaired) electrons. The van der Waals surface area contributed by atoms with Crippen LogP contribution in [0.25, 0.3) is 93.0 Å². The number of anilines is 3. The number of nitrogens with zero attached hydrogens (tertiary/aromatic N) is 4. The van der Waals surface area contributed by atoms with E-state index in [-0.39, 0.29) is 0 Å². The first kappa shape index (κ1) is 48.6. The number of fused-ring (bicyclic) bond motifs is 3. The van der Waals surface area contributed by atoms with Gasteiger partial charge in [0.15, 0.2) is 17.5 Å². The van der Waals surface area contributed by atoms with Crippen molar-refractivity contribution in [3.05, 3.63) is 283 Å². The molecule has 0 saturated heterocycles. The summed E-state index contributed by atoms with van der Waals surface area (Å²) in [5.74, 6) is 2.17. The molecule has 0 N–H and O–H groups in total. The molecule has 5 heteroatoms. The van der Waals surface area contributed by atoms with Crippen molar-refractivity contribution in [3.8, 4) is 67.3 Å². The minimum Gasteiger partial charge on any atom is -0.310 e. The summed E-state index contributed by atoms with van der Waals surface area (Å²) in [5.41, 5.74) is 20.1. The lowest BCUT2D eigenvalue weighted by Crippen LogP contribution is -2.10. The quantitative estimate of drug-likeness (QED) is 0.137. The highest BCUT2D eigenvalue weighted by Gasteiger charge is 2.19. The Morgan fingerprint density at radius 2 is 0.909 bits per heavy atom. The van der Waals surface area contributed by atoms with E-state index >= 15 is 0 Å². The number of hydrogen-bond donors (Lipinski definition) is 0. The van der Waals surface area contributed by atoms with E-state index in [0.29, 0.717) is 5.82 Å². The number of benzene rings is 10. The van der Waals surface area contributed by atoms with Crippen LogP contribution in [-0.2, 0) is 0 Å². The van der Waals surface area contributed by atoms with Crippen LogP contribution in [0, 0.1) is 20.8 Å². The van der Waals surface area contributed by atoms with Gasteiger partial charge in [-0.25, -0.2) is 15.0 Å². The van der Waals surface area contributed by atoms with Crippen LogP contribution in [0.15, 0.2) is 261 Å². The highest BCUT2D eigenvalue weighted by atomic mass is 32.1. The molecular weight excluding hydrogens is 953 g/mol. The van der Waals surface area contributed by atoms with Crippen molar-refractivity contribution in [2.24, 2.45) is 0 Å². The number of thiophene rings is 1. The molecule has 10 aromatic carbocycles. The van der Waals surface area contributed by atoms with E-state index in [0.717, 1.165) is 58.3 Å². The summed E-state index contributed by atoms with van der Waals surface area (Å²) in [6, 6.07) is 86.5. The number of aryl methyl sites for hydroxylation is 3. The summed E-state index contributed by atoms with van der Waals surface area (Å²) in [4.78, 5) is 17.1. The number of hydrogen-bond acceptors (Lipinski definition) is 5. The van der Waals surface area contributed by atoms with Crippen LogP contribution in [0.4, 0.5) is 17.1 Å².